The Morgan fingerprint density at radius 2 is 0.816 bits per heavy atom. The average Bonchev–Trinajstić information content (AvgIpc) is 3.81. The molecule has 0 unspecified atom stereocenters. The molecule has 6 rings (SSSR count). The molecule has 0 saturated heterocycles. The number of hydrogen-bond donors (Lipinski definition) is 2. The molecule has 0 radical (unpaired) electrons. The van der Waals surface area contributed by atoms with E-state index in [0.717, 1.165) is 24.3 Å². The molecule has 2 N–H and O–H groups in total. The SMILES string of the molecule is O=S(=O)(Nc1ccc(F)[c-]c1F)c1ccc(Br)cc1.O=S(=O)(Nc1ccc(F)[c-]c1F)c1ccc(Br)cc1.[Ti+4].c1cc[cH-]c1.c1cc[cH-]c1. The molecular weight excluding hydrogens is 848 g/mol. The second kappa shape index (κ2) is 20.2. The van der Waals surface area contributed by atoms with Crippen LogP contribution in [0.15, 0.2) is 152 Å². The molecule has 252 valence electrons. The van der Waals surface area contributed by atoms with E-state index in [1.807, 2.05) is 70.1 Å². The molecule has 0 amide bonds. The van der Waals surface area contributed by atoms with Crippen molar-refractivity contribution in [2.75, 3.05) is 9.44 Å². The van der Waals surface area contributed by atoms with Crippen molar-refractivity contribution >= 4 is 63.3 Å². The van der Waals surface area contributed by atoms with Gasteiger partial charge in [0.25, 0.3) is 20.0 Å². The van der Waals surface area contributed by atoms with Crippen LogP contribution < -0.4 is 9.44 Å². The Labute approximate surface area is 314 Å². The third-order valence-corrected chi connectivity index (χ3v) is 9.39. The Hall–Kier alpha value is -3.53. The number of benzene rings is 4. The smallest absolute Gasteiger partial charge is 0.330 e. The molecule has 0 aliphatic heterocycles. The Morgan fingerprint density at radius 3 is 1.06 bits per heavy atom. The van der Waals surface area contributed by atoms with Crippen LogP contribution in [0.2, 0.25) is 0 Å². The number of sulfonamides is 2. The zero-order chi connectivity index (χ0) is 35.2. The molecule has 0 fully saturated rings. The fourth-order valence-corrected chi connectivity index (χ4v) is 5.97. The van der Waals surface area contributed by atoms with E-state index in [-0.39, 0.29) is 42.9 Å². The van der Waals surface area contributed by atoms with Gasteiger partial charge in [-0.15, -0.1) is 36.4 Å². The summed E-state index contributed by atoms with van der Waals surface area (Å²) in [6.07, 6.45) is 0. The summed E-state index contributed by atoms with van der Waals surface area (Å²) in [5, 5.41) is 0. The Balaban J connectivity index is 0.000000260. The first-order valence-corrected chi connectivity index (χ1v) is 18.0. The Morgan fingerprint density at radius 1 is 0.510 bits per heavy atom. The van der Waals surface area contributed by atoms with Crippen LogP contribution >= 0.6 is 31.9 Å². The molecule has 0 heterocycles. The molecule has 0 spiro atoms. The normalized spacial score (nSPS) is 10.4. The second-order valence-corrected chi connectivity index (χ2v) is 14.3. The third kappa shape index (κ3) is 14.5. The van der Waals surface area contributed by atoms with Gasteiger partial charge in [0.05, 0.1) is 9.79 Å². The summed E-state index contributed by atoms with van der Waals surface area (Å²) in [5.74, 6) is -3.99. The van der Waals surface area contributed by atoms with Gasteiger partial charge in [-0.25, -0.2) is 58.7 Å². The predicted octanol–water partition coefficient (Wildman–Crippen LogP) is 9.47. The van der Waals surface area contributed by atoms with Crippen LogP contribution in [0.25, 0.3) is 0 Å². The van der Waals surface area contributed by atoms with Gasteiger partial charge in [0.15, 0.2) is 0 Å². The van der Waals surface area contributed by atoms with Crippen LogP contribution in [0.1, 0.15) is 0 Å². The van der Waals surface area contributed by atoms with Crippen molar-refractivity contribution in [3.05, 3.63) is 178 Å². The van der Waals surface area contributed by atoms with Gasteiger partial charge in [0.1, 0.15) is 0 Å². The molecule has 0 aliphatic rings. The summed E-state index contributed by atoms with van der Waals surface area (Å²) in [6, 6.07) is 38.9. The van der Waals surface area contributed by atoms with E-state index in [4.69, 9.17) is 0 Å². The summed E-state index contributed by atoms with van der Waals surface area (Å²) < 4.78 is 105. The molecule has 0 bridgehead atoms. The number of hydrogen-bond acceptors (Lipinski definition) is 4. The van der Waals surface area contributed by atoms with Gasteiger partial charge in [0.2, 0.25) is 0 Å². The first-order valence-electron chi connectivity index (χ1n) is 13.4. The van der Waals surface area contributed by atoms with E-state index in [0.29, 0.717) is 8.95 Å². The number of rotatable bonds is 6. The van der Waals surface area contributed by atoms with Crippen LogP contribution in [0.3, 0.4) is 0 Å². The summed E-state index contributed by atoms with van der Waals surface area (Å²) in [4.78, 5) is -0.0566. The van der Waals surface area contributed by atoms with Crippen LogP contribution in [0.5, 0.6) is 0 Å². The van der Waals surface area contributed by atoms with Crippen molar-refractivity contribution in [1.82, 2.24) is 0 Å². The van der Waals surface area contributed by atoms with E-state index in [1.165, 1.54) is 24.3 Å². The molecule has 0 saturated carbocycles. The summed E-state index contributed by atoms with van der Waals surface area (Å²) >= 11 is 6.35. The van der Waals surface area contributed by atoms with Gasteiger partial charge >= 0.3 is 21.7 Å². The topological polar surface area (TPSA) is 92.3 Å². The van der Waals surface area contributed by atoms with Crippen molar-refractivity contribution in [3.63, 3.8) is 0 Å². The van der Waals surface area contributed by atoms with Gasteiger partial charge in [-0.3, -0.25) is 0 Å². The van der Waals surface area contributed by atoms with E-state index in [9.17, 15) is 34.4 Å². The van der Waals surface area contributed by atoms with Crippen LogP contribution in [-0.2, 0) is 41.8 Å². The first-order chi connectivity index (χ1) is 22.8. The Kier molecular flexibility index (Phi) is 17.2. The minimum Gasteiger partial charge on any atom is -0.330 e. The monoisotopic (exact) mass is 870 g/mol. The fourth-order valence-electron chi connectivity index (χ4n) is 3.32. The maximum Gasteiger partial charge on any atom is 4.00 e. The summed E-state index contributed by atoms with van der Waals surface area (Å²) in [6.45, 7) is 0. The molecule has 6 aromatic rings. The third-order valence-electron chi connectivity index (χ3n) is 5.57. The maximum atomic E-state index is 13.3. The van der Waals surface area contributed by atoms with Crippen LogP contribution in [0, 0.1) is 35.4 Å². The van der Waals surface area contributed by atoms with E-state index >= 15 is 0 Å². The van der Waals surface area contributed by atoms with E-state index in [1.54, 1.807) is 36.4 Å². The molecule has 0 aromatic heterocycles. The van der Waals surface area contributed by atoms with Gasteiger partial charge in [-0.2, -0.15) is 36.4 Å². The number of anilines is 2. The molecule has 6 aromatic carbocycles. The molecule has 0 aliphatic carbocycles. The zero-order valence-electron chi connectivity index (χ0n) is 24.9. The predicted molar refractivity (Wildman–Crippen MR) is 184 cm³/mol. The van der Waals surface area contributed by atoms with Crippen molar-refractivity contribution in [2.45, 2.75) is 9.79 Å². The second-order valence-electron chi connectivity index (χ2n) is 9.11. The quantitative estimate of drug-likeness (QED) is 0.0992. The van der Waals surface area contributed by atoms with E-state index < -0.39 is 43.3 Å². The largest absolute Gasteiger partial charge is 4.00 e. The zero-order valence-corrected chi connectivity index (χ0v) is 31.3. The van der Waals surface area contributed by atoms with E-state index in [2.05, 4.69) is 31.9 Å². The van der Waals surface area contributed by atoms with Crippen molar-refractivity contribution in [2.24, 2.45) is 0 Å². The maximum absolute atomic E-state index is 13.3. The molecule has 15 heteroatoms. The van der Waals surface area contributed by atoms with Gasteiger partial charge in [0, 0.05) is 32.2 Å². The van der Waals surface area contributed by atoms with Crippen LogP contribution in [0.4, 0.5) is 28.9 Å². The molecular formula is C34H24Br2F4N2O4S2Ti. The summed E-state index contributed by atoms with van der Waals surface area (Å²) in [7, 11) is -7.84. The first kappa shape index (κ1) is 41.6. The number of halogens is 6. The molecule has 0 atom stereocenters. The minimum atomic E-state index is -3.92. The standard InChI is InChI=1S/2C12H7BrF2NO2S.2C5H5.Ti/c2*13-8-1-4-10(5-2-8)19(17,18)16-12-6-3-9(14)7-11(12)15;2*1-2-4-5-3-1;/h2*1-6,16H;2*1-5H;/q4*-1;+4. The fraction of sp³-hybridized carbons (Fsp3) is 0. The average molecular weight is 872 g/mol. The summed E-state index contributed by atoms with van der Waals surface area (Å²) in [5.41, 5.74) is -0.714. The number of nitrogens with one attached hydrogen (secondary N) is 2. The molecule has 49 heavy (non-hydrogen) atoms. The Bertz CT molecular complexity index is 1880. The van der Waals surface area contributed by atoms with Crippen molar-refractivity contribution in [1.29, 1.82) is 0 Å². The van der Waals surface area contributed by atoms with Gasteiger partial charge < -0.3 is 9.44 Å². The van der Waals surface area contributed by atoms with Gasteiger partial charge in [-0.1, -0.05) is 31.9 Å². The molecule has 6 nitrogen and oxygen atoms in total. The van der Waals surface area contributed by atoms with Crippen LogP contribution in [-0.4, -0.2) is 16.8 Å². The van der Waals surface area contributed by atoms with Gasteiger partial charge in [-0.05, 0) is 59.9 Å². The van der Waals surface area contributed by atoms with Crippen molar-refractivity contribution in [3.8, 4) is 0 Å². The van der Waals surface area contributed by atoms with Crippen molar-refractivity contribution < 1.29 is 56.1 Å². The minimum absolute atomic E-state index is 0.